The Labute approximate surface area is 199 Å². The van der Waals surface area contributed by atoms with E-state index in [1.165, 1.54) is 0 Å². The number of fused-ring (bicyclic) bond motifs is 1. The number of hydrogen-bond acceptors (Lipinski definition) is 5. The van der Waals surface area contributed by atoms with Crippen LogP contribution in [0.2, 0.25) is 0 Å². The lowest BCUT2D eigenvalue weighted by atomic mass is 10.00. The summed E-state index contributed by atoms with van der Waals surface area (Å²) >= 11 is 0. The standard InChI is InChI=1S/C26H30N6O2/c27-30-29-24-17-22(26(34)32-13-3-4-14-32)15-21-10-9-20(16-23(21)28-24)18-5-7-19(8-6-18)25(33)31-11-1-2-12-31/h5-10,15-16,24,28H,1-4,11-14,17H2,(H2,27,29). The first-order valence-electron chi connectivity index (χ1n) is 12.0. The second kappa shape index (κ2) is 9.67. The number of nitrogens with two attached hydrogens (primary N) is 1. The molecule has 3 N–H and O–H groups in total. The highest BCUT2D eigenvalue weighted by Crippen LogP contribution is 2.32. The molecule has 34 heavy (non-hydrogen) atoms. The van der Waals surface area contributed by atoms with Crippen LogP contribution in [0.1, 0.15) is 48.0 Å². The third-order valence-corrected chi connectivity index (χ3v) is 6.85. The Bertz CT molecular complexity index is 1130. The molecule has 1 atom stereocenters. The molecule has 3 heterocycles. The van der Waals surface area contributed by atoms with E-state index in [2.05, 4.69) is 15.7 Å². The van der Waals surface area contributed by atoms with Gasteiger partial charge in [-0.1, -0.05) is 29.5 Å². The molecule has 8 nitrogen and oxygen atoms in total. The maximum Gasteiger partial charge on any atom is 0.253 e. The van der Waals surface area contributed by atoms with Crippen LogP contribution >= 0.6 is 0 Å². The predicted molar refractivity (Wildman–Crippen MR) is 132 cm³/mol. The van der Waals surface area contributed by atoms with Gasteiger partial charge in [-0.15, -0.1) is 5.11 Å². The van der Waals surface area contributed by atoms with Gasteiger partial charge in [0.1, 0.15) is 6.17 Å². The molecule has 2 aromatic rings. The fraction of sp³-hybridized carbons (Fsp3) is 0.385. The predicted octanol–water partition coefficient (Wildman–Crippen LogP) is 4.06. The molecule has 0 aromatic heterocycles. The first-order chi connectivity index (χ1) is 16.6. The summed E-state index contributed by atoms with van der Waals surface area (Å²) in [6.07, 6.45) is 6.22. The van der Waals surface area contributed by atoms with Crippen molar-refractivity contribution >= 4 is 23.6 Å². The molecule has 8 heteroatoms. The lowest BCUT2D eigenvalue weighted by Crippen LogP contribution is -2.30. The van der Waals surface area contributed by atoms with E-state index in [0.717, 1.165) is 79.8 Å². The average Bonchev–Trinajstić information content (AvgIpc) is 3.56. The lowest BCUT2D eigenvalue weighted by Gasteiger charge is -2.18. The van der Waals surface area contributed by atoms with Crippen LogP contribution in [0.5, 0.6) is 0 Å². The zero-order valence-electron chi connectivity index (χ0n) is 19.2. The quantitative estimate of drug-likeness (QED) is 0.410. The molecule has 0 spiro atoms. The number of carbonyl (C=O) groups is 2. The van der Waals surface area contributed by atoms with Crippen LogP contribution in [0.4, 0.5) is 5.69 Å². The average molecular weight is 459 g/mol. The molecule has 2 amide bonds. The number of anilines is 1. The van der Waals surface area contributed by atoms with E-state index < -0.39 is 6.17 Å². The maximum atomic E-state index is 13.1. The third kappa shape index (κ3) is 4.53. The molecule has 0 aliphatic carbocycles. The van der Waals surface area contributed by atoms with Crippen molar-refractivity contribution in [3.63, 3.8) is 0 Å². The van der Waals surface area contributed by atoms with E-state index >= 15 is 0 Å². The van der Waals surface area contributed by atoms with Crippen LogP contribution in [0, 0.1) is 0 Å². The Hall–Kier alpha value is -3.68. The van der Waals surface area contributed by atoms with Crippen LogP contribution in [0.3, 0.4) is 0 Å². The number of carbonyl (C=O) groups excluding carboxylic acids is 2. The van der Waals surface area contributed by atoms with E-state index in [9.17, 15) is 9.59 Å². The van der Waals surface area contributed by atoms with Gasteiger partial charge in [0.25, 0.3) is 5.91 Å². The number of hydrogen-bond donors (Lipinski definition) is 2. The Balaban J connectivity index is 1.41. The van der Waals surface area contributed by atoms with E-state index in [1.54, 1.807) is 0 Å². The van der Waals surface area contributed by atoms with Crippen LogP contribution < -0.4 is 11.2 Å². The third-order valence-electron chi connectivity index (χ3n) is 6.85. The van der Waals surface area contributed by atoms with Gasteiger partial charge in [-0.3, -0.25) is 9.59 Å². The van der Waals surface area contributed by atoms with Gasteiger partial charge in [0.05, 0.1) is 0 Å². The SMILES string of the molecule is NN=NC1CC(C(=O)N2CCCC2)=Cc2ccc(-c3ccc(C(=O)N4CCCC4)cc3)cc2N1. The summed E-state index contributed by atoms with van der Waals surface area (Å²) in [7, 11) is 0. The van der Waals surface area contributed by atoms with Gasteiger partial charge < -0.3 is 21.0 Å². The minimum atomic E-state index is -0.417. The summed E-state index contributed by atoms with van der Waals surface area (Å²) in [5, 5.41) is 11.0. The minimum Gasteiger partial charge on any atom is -0.361 e. The van der Waals surface area contributed by atoms with E-state index in [-0.39, 0.29) is 11.8 Å². The number of amides is 2. The van der Waals surface area contributed by atoms with Gasteiger partial charge >= 0.3 is 0 Å². The highest BCUT2D eigenvalue weighted by Gasteiger charge is 2.26. The first-order valence-corrected chi connectivity index (χ1v) is 12.0. The van der Waals surface area contributed by atoms with Crippen molar-refractivity contribution in [3.8, 4) is 11.1 Å². The van der Waals surface area contributed by atoms with Gasteiger partial charge in [-0.25, -0.2) is 0 Å². The highest BCUT2D eigenvalue weighted by molar-refractivity contribution is 5.99. The minimum absolute atomic E-state index is 0.0618. The zero-order valence-corrected chi connectivity index (χ0v) is 19.2. The van der Waals surface area contributed by atoms with Crippen molar-refractivity contribution in [3.05, 3.63) is 59.2 Å². The van der Waals surface area contributed by atoms with Crippen molar-refractivity contribution in [1.82, 2.24) is 9.80 Å². The number of nitrogens with one attached hydrogen (secondary N) is 1. The molecule has 0 bridgehead atoms. The van der Waals surface area contributed by atoms with Crippen molar-refractivity contribution in [1.29, 1.82) is 0 Å². The zero-order chi connectivity index (χ0) is 23.5. The molecule has 3 aliphatic heterocycles. The number of likely N-dealkylation sites (tertiary alicyclic amines) is 2. The van der Waals surface area contributed by atoms with Gasteiger partial charge in [0, 0.05) is 49.4 Å². The molecule has 5 rings (SSSR count). The molecular weight excluding hydrogens is 428 g/mol. The summed E-state index contributed by atoms with van der Waals surface area (Å²) in [6, 6.07) is 13.9. The van der Waals surface area contributed by atoms with Gasteiger partial charge in [0.2, 0.25) is 5.91 Å². The molecule has 3 aliphatic rings. The summed E-state index contributed by atoms with van der Waals surface area (Å²) in [6.45, 7) is 3.28. The van der Waals surface area contributed by atoms with Crippen LogP contribution in [-0.4, -0.2) is 54.0 Å². The fourth-order valence-corrected chi connectivity index (χ4v) is 5.00. The Morgan fingerprint density at radius 3 is 2.12 bits per heavy atom. The molecule has 1 unspecified atom stereocenters. The number of nitrogens with zero attached hydrogens (tertiary/aromatic N) is 4. The van der Waals surface area contributed by atoms with Crippen LogP contribution in [-0.2, 0) is 4.79 Å². The second-order valence-electron chi connectivity index (χ2n) is 9.14. The van der Waals surface area contributed by atoms with E-state index in [4.69, 9.17) is 5.84 Å². The van der Waals surface area contributed by atoms with Crippen molar-refractivity contribution in [2.75, 3.05) is 31.5 Å². The number of rotatable bonds is 4. The summed E-state index contributed by atoms with van der Waals surface area (Å²) in [5.41, 5.74) is 5.26. The molecule has 2 saturated heterocycles. The summed E-state index contributed by atoms with van der Waals surface area (Å²) in [4.78, 5) is 29.6. The van der Waals surface area contributed by atoms with Crippen LogP contribution in [0.25, 0.3) is 17.2 Å². The topological polar surface area (TPSA) is 103 Å². The van der Waals surface area contributed by atoms with Crippen molar-refractivity contribution in [2.24, 2.45) is 16.2 Å². The smallest absolute Gasteiger partial charge is 0.253 e. The largest absolute Gasteiger partial charge is 0.361 e. The molecule has 2 aromatic carbocycles. The molecule has 176 valence electrons. The molecule has 2 fully saturated rings. The fourth-order valence-electron chi connectivity index (χ4n) is 5.00. The van der Waals surface area contributed by atoms with Crippen molar-refractivity contribution < 1.29 is 9.59 Å². The summed E-state index contributed by atoms with van der Waals surface area (Å²) < 4.78 is 0. The maximum absolute atomic E-state index is 13.1. The van der Waals surface area contributed by atoms with E-state index in [0.29, 0.717) is 12.0 Å². The second-order valence-corrected chi connectivity index (χ2v) is 9.14. The van der Waals surface area contributed by atoms with Gasteiger partial charge in [-0.05, 0) is 66.6 Å². The molecule has 0 radical (unpaired) electrons. The van der Waals surface area contributed by atoms with Crippen molar-refractivity contribution in [2.45, 2.75) is 38.3 Å². The first kappa shape index (κ1) is 22.1. The van der Waals surface area contributed by atoms with Crippen LogP contribution in [0.15, 0.2) is 58.4 Å². The monoisotopic (exact) mass is 458 g/mol. The van der Waals surface area contributed by atoms with Gasteiger partial charge in [-0.2, -0.15) is 0 Å². The molecule has 0 saturated carbocycles. The highest BCUT2D eigenvalue weighted by atomic mass is 16.2. The summed E-state index contributed by atoms with van der Waals surface area (Å²) in [5.74, 6) is 5.51. The number of benzene rings is 2. The normalized spacial score (nSPS) is 20.1. The van der Waals surface area contributed by atoms with E-state index in [1.807, 2.05) is 58.3 Å². The molecular formula is C26H30N6O2. The van der Waals surface area contributed by atoms with Gasteiger partial charge in [0.15, 0.2) is 0 Å². The Kier molecular flexibility index (Phi) is 6.29. The Morgan fingerprint density at radius 2 is 1.47 bits per heavy atom. The lowest BCUT2D eigenvalue weighted by molar-refractivity contribution is -0.126. The Morgan fingerprint density at radius 1 is 0.853 bits per heavy atom.